The molecule has 1 aromatic carbocycles. The van der Waals surface area contributed by atoms with Gasteiger partial charge in [-0.3, -0.25) is 0 Å². The predicted octanol–water partition coefficient (Wildman–Crippen LogP) is 1.83. The Labute approximate surface area is 108 Å². The Kier molecular flexibility index (Phi) is 3.87. The molecule has 0 amide bonds. The number of esters is 1. The summed E-state index contributed by atoms with van der Waals surface area (Å²) in [7, 11) is 2.08. The maximum atomic E-state index is 12.1. The van der Waals surface area contributed by atoms with Crippen LogP contribution in [-0.4, -0.2) is 37.1 Å². The Morgan fingerprint density at radius 1 is 1.39 bits per heavy atom. The van der Waals surface area contributed by atoms with Crippen molar-refractivity contribution in [2.75, 3.05) is 25.9 Å². The summed E-state index contributed by atoms with van der Waals surface area (Å²) in [6.45, 7) is 3.81. The number of rotatable bonds is 2. The number of anilines is 1. The number of nitrogens with zero attached hydrogens (tertiary/aromatic N) is 1. The minimum Gasteiger partial charge on any atom is -0.459 e. The highest BCUT2D eigenvalue weighted by atomic mass is 16.5. The minimum atomic E-state index is -0.255. The monoisotopic (exact) mass is 248 g/mol. The molecule has 0 radical (unpaired) electrons. The lowest BCUT2D eigenvalue weighted by Crippen LogP contribution is -2.35. The van der Waals surface area contributed by atoms with Crippen molar-refractivity contribution >= 4 is 11.7 Å². The first-order chi connectivity index (χ1) is 8.58. The highest BCUT2D eigenvalue weighted by molar-refractivity contribution is 5.92. The van der Waals surface area contributed by atoms with Crippen LogP contribution >= 0.6 is 0 Å². The van der Waals surface area contributed by atoms with Crippen LogP contribution in [0.4, 0.5) is 5.69 Å². The van der Waals surface area contributed by atoms with E-state index in [-0.39, 0.29) is 12.1 Å². The minimum absolute atomic E-state index is 0.0366. The molecule has 1 aliphatic rings. The number of carbonyl (C=O) groups excluding carboxylic acids is 1. The van der Waals surface area contributed by atoms with E-state index in [1.807, 2.05) is 6.92 Å². The third-order valence-corrected chi connectivity index (χ3v) is 3.53. The summed E-state index contributed by atoms with van der Waals surface area (Å²) in [6.07, 6.45) is 1.85. The molecule has 2 N–H and O–H groups in total. The van der Waals surface area contributed by atoms with Gasteiger partial charge in [0.05, 0.1) is 5.56 Å². The molecule has 1 heterocycles. The molecular weight excluding hydrogens is 228 g/mol. The van der Waals surface area contributed by atoms with E-state index in [4.69, 9.17) is 10.5 Å². The zero-order valence-electron chi connectivity index (χ0n) is 11.0. The van der Waals surface area contributed by atoms with Crippen LogP contribution in [0.1, 0.15) is 28.8 Å². The lowest BCUT2D eigenvalue weighted by atomic mass is 10.1. The molecule has 4 nitrogen and oxygen atoms in total. The van der Waals surface area contributed by atoms with Crippen molar-refractivity contribution in [3.63, 3.8) is 0 Å². The van der Waals surface area contributed by atoms with Gasteiger partial charge in [0.2, 0.25) is 0 Å². The maximum absolute atomic E-state index is 12.1. The van der Waals surface area contributed by atoms with Crippen molar-refractivity contribution < 1.29 is 9.53 Å². The number of ether oxygens (including phenoxy) is 1. The second-order valence-electron chi connectivity index (χ2n) is 4.93. The molecule has 18 heavy (non-hydrogen) atoms. The second kappa shape index (κ2) is 5.40. The summed E-state index contributed by atoms with van der Waals surface area (Å²) in [4.78, 5) is 14.3. The lowest BCUT2D eigenvalue weighted by Gasteiger charge is -2.28. The molecule has 0 atom stereocenters. The first-order valence-corrected chi connectivity index (χ1v) is 6.32. The highest BCUT2D eigenvalue weighted by Gasteiger charge is 2.22. The van der Waals surface area contributed by atoms with E-state index in [1.54, 1.807) is 18.2 Å². The fourth-order valence-corrected chi connectivity index (χ4v) is 2.19. The normalized spacial score (nSPS) is 17.7. The van der Waals surface area contributed by atoms with E-state index in [0.29, 0.717) is 11.3 Å². The number of benzene rings is 1. The van der Waals surface area contributed by atoms with Crippen molar-refractivity contribution in [3.05, 3.63) is 29.3 Å². The summed E-state index contributed by atoms with van der Waals surface area (Å²) < 4.78 is 5.54. The largest absolute Gasteiger partial charge is 0.459 e. The summed E-state index contributed by atoms with van der Waals surface area (Å²) in [5.41, 5.74) is 7.81. The van der Waals surface area contributed by atoms with Gasteiger partial charge in [-0.2, -0.15) is 0 Å². The quantitative estimate of drug-likeness (QED) is 0.641. The molecule has 4 heteroatoms. The van der Waals surface area contributed by atoms with Gasteiger partial charge in [0.15, 0.2) is 0 Å². The fourth-order valence-electron chi connectivity index (χ4n) is 2.19. The predicted molar refractivity (Wildman–Crippen MR) is 71.5 cm³/mol. The third-order valence-electron chi connectivity index (χ3n) is 3.53. The van der Waals surface area contributed by atoms with E-state index < -0.39 is 0 Å². The molecular formula is C14H20N2O2. The number of hydrogen-bond donors (Lipinski definition) is 1. The molecule has 2 rings (SSSR count). The van der Waals surface area contributed by atoms with Crippen LogP contribution in [-0.2, 0) is 4.74 Å². The fraction of sp³-hybridized carbons (Fsp3) is 0.500. The molecule has 0 bridgehead atoms. The number of nitrogen functional groups attached to an aromatic ring is 1. The van der Waals surface area contributed by atoms with E-state index in [1.165, 1.54) is 0 Å². The number of hydrogen-bond acceptors (Lipinski definition) is 4. The molecule has 98 valence electrons. The first kappa shape index (κ1) is 12.9. The van der Waals surface area contributed by atoms with Crippen molar-refractivity contribution in [1.29, 1.82) is 0 Å². The van der Waals surface area contributed by atoms with Gasteiger partial charge in [0.25, 0.3) is 0 Å². The average molecular weight is 248 g/mol. The molecule has 0 aliphatic carbocycles. The first-order valence-electron chi connectivity index (χ1n) is 6.32. The Bertz CT molecular complexity index is 437. The molecule has 0 unspecified atom stereocenters. The van der Waals surface area contributed by atoms with Crippen molar-refractivity contribution in [2.24, 2.45) is 0 Å². The molecule has 1 fully saturated rings. The van der Waals surface area contributed by atoms with Crippen molar-refractivity contribution in [2.45, 2.75) is 25.9 Å². The highest BCUT2D eigenvalue weighted by Crippen LogP contribution is 2.19. The topological polar surface area (TPSA) is 55.6 Å². The Balaban J connectivity index is 2.01. The summed E-state index contributed by atoms with van der Waals surface area (Å²) in [6, 6.07) is 5.35. The SMILES string of the molecule is Cc1c(N)cccc1C(=O)OC1CCN(C)CC1. The van der Waals surface area contributed by atoms with Crippen LogP contribution in [0, 0.1) is 6.92 Å². The van der Waals surface area contributed by atoms with E-state index in [0.717, 1.165) is 31.5 Å². The van der Waals surface area contributed by atoms with E-state index in [9.17, 15) is 4.79 Å². The standard InChI is InChI=1S/C14H20N2O2/c1-10-12(4-3-5-13(10)15)14(17)18-11-6-8-16(2)9-7-11/h3-5,11H,6-9,15H2,1-2H3. The van der Waals surface area contributed by atoms with Gasteiger partial charge in [0, 0.05) is 18.8 Å². The summed E-state index contributed by atoms with van der Waals surface area (Å²) >= 11 is 0. The third kappa shape index (κ3) is 2.82. The van der Waals surface area contributed by atoms with Gasteiger partial charge < -0.3 is 15.4 Å². The molecule has 0 saturated carbocycles. The average Bonchev–Trinajstić information content (AvgIpc) is 2.35. The van der Waals surface area contributed by atoms with Gasteiger partial charge in [-0.25, -0.2) is 4.79 Å². The molecule has 1 aromatic rings. The molecule has 0 spiro atoms. The lowest BCUT2D eigenvalue weighted by molar-refractivity contribution is 0.0139. The summed E-state index contributed by atoms with van der Waals surface area (Å²) in [5, 5.41) is 0. The van der Waals surface area contributed by atoms with Crippen LogP contribution in [0.5, 0.6) is 0 Å². The zero-order chi connectivity index (χ0) is 13.1. The molecule has 1 saturated heterocycles. The van der Waals surface area contributed by atoms with Gasteiger partial charge in [-0.15, -0.1) is 0 Å². The van der Waals surface area contributed by atoms with Gasteiger partial charge in [0.1, 0.15) is 6.10 Å². The Morgan fingerprint density at radius 2 is 2.06 bits per heavy atom. The number of nitrogens with two attached hydrogens (primary N) is 1. The van der Waals surface area contributed by atoms with Crippen LogP contribution in [0.3, 0.4) is 0 Å². The van der Waals surface area contributed by atoms with E-state index in [2.05, 4.69) is 11.9 Å². The van der Waals surface area contributed by atoms with Crippen LogP contribution < -0.4 is 5.73 Å². The Morgan fingerprint density at radius 3 is 2.72 bits per heavy atom. The molecule has 1 aliphatic heterocycles. The zero-order valence-corrected chi connectivity index (χ0v) is 11.0. The van der Waals surface area contributed by atoms with Crippen LogP contribution in [0.25, 0.3) is 0 Å². The number of likely N-dealkylation sites (tertiary alicyclic amines) is 1. The van der Waals surface area contributed by atoms with Gasteiger partial charge >= 0.3 is 5.97 Å². The maximum Gasteiger partial charge on any atom is 0.338 e. The van der Waals surface area contributed by atoms with Crippen molar-refractivity contribution in [1.82, 2.24) is 4.90 Å². The second-order valence-corrected chi connectivity index (χ2v) is 4.93. The van der Waals surface area contributed by atoms with Crippen LogP contribution in [0.15, 0.2) is 18.2 Å². The van der Waals surface area contributed by atoms with Gasteiger partial charge in [-0.1, -0.05) is 6.07 Å². The van der Waals surface area contributed by atoms with E-state index >= 15 is 0 Å². The van der Waals surface area contributed by atoms with Gasteiger partial charge in [-0.05, 0) is 44.5 Å². The summed E-state index contributed by atoms with van der Waals surface area (Å²) in [5.74, 6) is -0.255. The van der Waals surface area contributed by atoms with Crippen LogP contribution in [0.2, 0.25) is 0 Å². The number of carbonyl (C=O) groups is 1. The molecule has 0 aromatic heterocycles. The Hall–Kier alpha value is -1.55. The number of piperidine rings is 1. The smallest absolute Gasteiger partial charge is 0.338 e. The van der Waals surface area contributed by atoms with Crippen molar-refractivity contribution in [3.8, 4) is 0 Å².